The van der Waals surface area contributed by atoms with Gasteiger partial charge in [-0.2, -0.15) is 5.10 Å². The lowest BCUT2D eigenvalue weighted by Crippen LogP contribution is -2.32. The second-order valence-electron chi connectivity index (χ2n) is 5.93. The first kappa shape index (κ1) is 16.3. The zero-order chi connectivity index (χ0) is 16.1. The third kappa shape index (κ3) is 4.21. The van der Waals surface area contributed by atoms with Crippen molar-refractivity contribution in [2.75, 3.05) is 18.5 Å². The fraction of sp³-hybridized carbons (Fsp3) is 0.500. The van der Waals surface area contributed by atoms with E-state index in [2.05, 4.69) is 29.6 Å². The summed E-state index contributed by atoms with van der Waals surface area (Å²) in [6.45, 7) is 6.82. The summed E-state index contributed by atoms with van der Waals surface area (Å²) in [7, 11) is 0. The number of urea groups is 1. The molecule has 0 aliphatic carbocycles. The van der Waals surface area contributed by atoms with Crippen molar-refractivity contribution in [2.45, 2.75) is 33.2 Å². The quantitative estimate of drug-likeness (QED) is 0.767. The normalized spacial score (nSPS) is 12.6. The number of fused-ring (bicyclic) bond motifs is 1. The molecule has 0 radical (unpaired) electrons. The maximum atomic E-state index is 11.9. The second-order valence-corrected chi connectivity index (χ2v) is 5.93. The van der Waals surface area contributed by atoms with Crippen LogP contribution in [0.2, 0.25) is 0 Å². The van der Waals surface area contributed by atoms with Crippen LogP contribution in [0.25, 0.3) is 10.9 Å². The van der Waals surface area contributed by atoms with Gasteiger partial charge in [-0.05, 0) is 44.4 Å². The van der Waals surface area contributed by atoms with E-state index >= 15 is 0 Å². The zero-order valence-electron chi connectivity index (χ0n) is 13.3. The largest absolute Gasteiger partial charge is 0.396 e. The fourth-order valence-corrected chi connectivity index (χ4v) is 2.15. The van der Waals surface area contributed by atoms with E-state index in [1.165, 1.54) is 0 Å². The molecule has 1 unspecified atom stereocenters. The summed E-state index contributed by atoms with van der Waals surface area (Å²) in [5.41, 5.74) is 1.65. The maximum absolute atomic E-state index is 11.9. The summed E-state index contributed by atoms with van der Waals surface area (Å²) in [6, 6.07) is 5.73. The number of carbonyl (C=O) groups excluding carboxylic acids is 1. The average molecular weight is 304 g/mol. The van der Waals surface area contributed by atoms with Crippen LogP contribution in [0, 0.1) is 5.92 Å². The van der Waals surface area contributed by atoms with Crippen LogP contribution >= 0.6 is 0 Å². The number of carbonyl (C=O) groups is 1. The van der Waals surface area contributed by atoms with E-state index in [9.17, 15) is 4.79 Å². The Morgan fingerprint density at radius 2 is 2.14 bits per heavy atom. The highest BCUT2D eigenvalue weighted by molar-refractivity contribution is 5.92. The average Bonchev–Trinajstić information content (AvgIpc) is 2.89. The summed E-state index contributed by atoms with van der Waals surface area (Å²) in [5, 5.41) is 19.9. The van der Waals surface area contributed by atoms with E-state index in [4.69, 9.17) is 5.11 Å². The Kier molecular flexibility index (Phi) is 5.38. The summed E-state index contributed by atoms with van der Waals surface area (Å²) in [5.74, 6) is 0.252. The van der Waals surface area contributed by atoms with Gasteiger partial charge in [-0.15, -0.1) is 0 Å². The van der Waals surface area contributed by atoms with E-state index in [1.54, 1.807) is 0 Å². The molecule has 1 aromatic carbocycles. The monoisotopic (exact) mass is 304 g/mol. The number of amides is 2. The molecule has 3 N–H and O–H groups in total. The molecule has 1 aromatic heterocycles. The number of anilines is 1. The Balaban J connectivity index is 1.97. The standard InChI is InChI=1S/C16H24N4O2/c1-11(2)20-10-13-8-14(4-5-15(13)19-20)18-16(22)17-9-12(3)6-7-21/h4-5,8,10-12,21H,6-7,9H2,1-3H3,(H2,17,18,22). The van der Waals surface area contributed by atoms with Crippen LogP contribution in [0.1, 0.15) is 33.2 Å². The molecule has 0 fully saturated rings. The number of aromatic nitrogens is 2. The van der Waals surface area contributed by atoms with Crippen LogP contribution in [0.3, 0.4) is 0 Å². The van der Waals surface area contributed by atoms with Crippen LogP contribution in [-0.4, -0.2) is 34.1 Å². The van der Waals surface area contributed by atoms with Crippen molar-refractivity contribution in [2.24, 2.45) is 5.92 Å². The lowest BCUT2D eigenvalue weighted by molar-refractivity contribution is 0.243. The molecule has 2 aromatic rings. The maximum Gasteiger partial charge on any atom is 0.319 e. The molecule has 120 valence electrons. The molecular weight excluding hydrogens is 280 g/mol. The van der Waals surface area contributed by atoms with E-state index in [-0.39, 0.29) is 18.6 Å². The molecule has 0 bridgehead atoms. The number of hydrogen-bond donors (Lipinski definition) is 3. The van der Waals surface area contributed by atoms with Crippen molar-refractivity contribution in [1.29, 1.82) is 0 Å². The van der Waals surface area contributed by atoms with Gasteiger partial charge in [0.15, 0.2) is 0 Å². The molecule has 2 amide bonds. The van der Waals surface area contributed by atoms with Crippen molar-refractivity contribution in [3.63, 3.8) is 0 Å². The van der Waals surface area contributed by atoms with Gasteiger partial charge in [-0.3, -0.25) is 4.68 Å². The van der Waals surface area contributed by atoms with Gasteiger partial charge < -0.3 is 15.7 Å². The Morgan fingerprint density at radius 3 is 2.82 bits per heavy atom. The van der Waals surface area contributed by atoms with Crippen molar-refractivity contribution in [3.8, 4) is 0 Å². The molecule has 6 nitrogen and oxygen atoms in total. The van der Waals surface area contributed by atoms with Gasteiger partial charge in [0, 0.05) is 36.5 Å². The Morgan fingerprint density at radius 1 is 1.36 bits per heavy atom. The molecule has 0 spiro atoms. The molecule has 1 atom stereocenters. The molecule has 0 saturated carbocycles. The number of rotatable bonds is 6. The number of aliphatic hydroxyl groups is 1. The van der Waals surface area contributed by atoms with E-state index in [0.717, 1.165) is 16.6 Å². The van der Waals surface area contributed by atoms with Gasteiger partial charge in [0.05, 0.1) is 5.52 Å². The SMILES string of the molecule is CC(CCO)CNC(=O)Nc1ccc2nn(C(C)C)cc2c1. The van der Waals surface area contributed by atoms with Gasteiger partial charge in [0.25, 0.3) is 0 Å². The highest BCUT2D eigenvalue weighted by Crippen LogP contribution is 2.19. The third-order valence-electron chi connectivity index (χ3n) is 3.54. The number of nitrogens with zero attached hydrogens (tertiary/aromatic N) is 2. The molecule has 0 aliphatic rings. The molecule has 22 heavy (non-hydrogen) atoms. The van der Waals surface area contributed by atoms with Gasteiger partial charge in [0.2, 0.25) is 0 Å². The summed E-state index contributed by atoms with van der Waals surface area (Å²) in [6.07, 6.45) is 2.66. The Hall–Kier alpha value is -2.08. The van der Waals surface area contributed by atoms with E-state index in [0.29, 0.717) is 19.0 Å². The zero-order valence-corrected chi connectivity index (χ0v) is 13.3. The number of hydrogen-bond acceptors (Lipinski definition) is 3. The minimum atomic E-state index is -0.236. The first-order valence-corrected chi connectivity index (χ1v) is 7.64. The molecular formula is C16H24N4O2. The molecule has 0 saturated heterocycles. The smallest absolute Gasteiger partial charge is 0.319 e. The summed E-state index contributed by atoms with van der Waals surface area (Å²) >= 11 is 0. The minimum absolute atomic E-state index is 0.140. The van der Waals surface area contributed by atoms with Crippen molar-refractivity contribution < 1.29 is 9.90 Å². The number of nitrogens with one attached hydrogen (secondary N) is 2. The molecule has 0 aliphatic heterocycles. The van der Waals surface area contributed by atoms with Gasteiger partial charge in [-0.1, -0.05) is 6.92 Å². The van der Waals surface area contributed by atoms with Gasteiger partial charge >= 0.3 is 6.03 Å². The third-order valence-corrected chi connectivity index (χ3v) is 3.54. The number of benzene rings is 1. The molecule has 2 rings (SSSR count). The van der Waals surface area contributed by atoms with E-state index < -0.39 is 0 Å². The Labute approximate surface area is 130 Å². The topological polar surface area (TPSA) is 79.2 Å². The van der Waals surface area contributed by atoms with Crippen LogP contribution in [-0.2, 0) is 0 Å². The van der Waals surface area contributed by atoms with Crippen molar-refractivity contribution in [1.82, 2.24) is 15.1 Å². The predicted molar refractivity (Wildman–Crippen MR) is 88.0 cm³/mol. The number of aliphatic hydroxyl groups excluding tert-OH is 1. The van der Waals surface area contributed by atoms with Crippen LogP contribution in [0.4, 0.5) is 10.5 Å². The van der Waals surface area contributed by atoms with Crippen LogP contribution < -0.4 is 10.6 Å². The molecule has 1 heterocycles. The van der Waals surface area contributed by atoms with Crippen molar-refractivity contribution >= 4 is 22.6 Å². The summed E-state index contributed by atoms with van der Waals surface area (Å²) in [4.78, 5) is 11.9. The molecule has 6 heteroatoms. The lowest BCUT2D eigenvalue weighted by Gasteiger charge is -2.12. The van der Waals surface area contributed by atoms with Gasteiger partial charge in [0.1, 0.15) is 0 Å². The summed E-state index contributed by atoms with van der Waals surface area (Å²) < 4.78 is 1.91. The highest BCUT2D eigenvalue weighted by atomic mass is 16.3. The minimum Gasteiger partial charge on any atom is -0.396 e. The van der Waals surface area contributed by atoms with Crippen molar-refractivity contribution in [3.05, 3.63) is 24.4 Å². The highest BCUT2D eigenvalue weighted by Gasteiger charge is 2.08. The lowest BCUT2D eigenvalue weighted by atomic mass is 10.1. The van der Waals surface area contributed by atoms with Crippen LogP contribution in [0.15, 0.2) is 24.4 Å². The predicted octanol–water partition coefficient (Wildman–Crippen LogP) is 2.76. The Bertz CT molecular complexity index is 636. The first-order chi connectivity index (χ1) is 10.5. The van der Waals surface area contributed by atoms with Gasteiger partial charge in [-0.25, -0.2) is 4.79 Å². The second kappa shape index (κ2) is 7.26. The van der Waals surface area contributed by atoms with E-state index in [1.807, 2.05) is 36.0 Å². The fourth-order valence-electron chi connectivity index (χ4n) is 2.15. The van der Waals surface area contributed by atoms with Crippen LogP contribution in [0.5, 0.6) is 0 Å². The first-order valence-electron chi connectivity index (χ1n) is 7.64.